The molecule has 1 amide bonds. The molecule has 3 aromatic rings. The number of ether oxygens (including phenoxy) is 1. The summed E-state index contributed by atoms with van der Waals surface area (Å²) < 4.78 is 20.0. The van der Waals surface area contributed by atoms with Crippen LogP contribution in [0.3, 0.4) is 0 Å². The molecular weight excluding hydrogens is 403 g/mol. The van der Waals surface area contributed by atoms with E-state index in [1.54, 1.807) is 24.1 Å². The summed E-state index contributed by atoms with van der Waals surface area (Å²) in [5.74, 6) is -0.331. The lowest BCUT2D eigenvalue weighted by Gasteiger charge is -2.31. The summed E-state index contributed by atoms with van der Waals surface area (Å²) in [4.78, 5) is 17.4. The maximum atomic E-state index is 14.5. The molecular formula is C24H22ClFN2O2. The minimum Gasteiger partial charge on any atom is -0.495 e. The number of para-hydroxylation sites is 2. The van der Waals surface area contributed by atoms with Gasteiger partial charge in [0.05, 0.1) is 24.4 Å². The average molecular weight is 425 g/mol. The molecule has 1 fully saturated rings. The minimum absolute atomic E-state index is 0.0494. The van der Waals surface area contributed by atoms with Crippen LogP contribution < -0.4 is 14.5 Å². The summed E-state index contributed by atoms with van der Waals surface area (Å²) in [6.07, 6.45) is 0.751. The second-order valence-corrected chi connectivity index (χ2v) is 7.63. The number of benzene rings is 3. The number of hydrogen-bond acceptors (Lipinski definition) is 3. The highest BCUT2D eigenvalue weighted by Gasteiger charge is 2.34. The van der Waals surface area contributed by atoms with Crippen molar-refractivity contribution in [2.75, 3.05) is 30.0 Å². The number of hydrogen-bond donors (Lipinski definition) is 0. The van der Waals surface area contributed by atoms with Crippen LogP contribution in [0, 0.1) is 5.82 Å². The van der Waals surface area contributed by atoms with E-state index < -0.39 is 5.82 Å². The molecule has 3 aromatic carbocycles. The average Bonchev–Trinajstić information content (AvgIpc) is 3.24. The number of methoxy groups -OCH3 is 1. The van der Waals surface area contributed by atoms with Crippen LogP contribution in [0.1, 0.15) is 16.8 Å². The Bertz CT molecular complexity index is 1040. The first-order valence-corrected chi connectivity index (χ1v) is 10.2. The van der Waals surface area contributed by atoms with Crippen LogP contribution in [0.25, 0.3) is 0 Å². The van der Waals surface area contributed by atoms with E-state index >= 15 is 0 Å². The number of carbonyl (C=O) groups excluding carboxylic acids is 1. The zero-order chi connectivity index (χ0) is 21.1. The molecule has 30 heavy (non-hydrogen) atoms. The molecule has 1 aliphatic heterocycles. The fourth-order valence-electron chi connectivity index (χ4n) is 3.90. The Morgan fingerprint density at radius 2 is 1.77 bits per heavy atom. The zero-order valence-electron chi connectivity index (χ0n) is 16.6. The molecule has 6 heteroatoms. The molecule has 0 aromatic heterocycles. The van der Waals surface area contributed by atoms with E-state index in [0.717, 1.165) is 18.7 Å². The first-order chi connectivity index (χ1) is 14.6. The molecule has 0 saturated carbocycles. The van der Waals surface area contributed by atoms with E-state index in [0.29, 0.717) is 23.0 Å². The predicted octanol–water partition coefficient (Wildman–Crippen LogP) is 5.41. The van der Waals surface area contributed by atoms with Crippen molar-refractivity contribution in [2.24, 2.45) is 0 Å². The molecule has 0 radical (unpaired) electrons. The van der Waals surface area contributed by atoms with Gasteiger partial charge in [-0.3, -0.25) is 9.69 Å². The van der Waals surface area contributed by atoms with Crippen LogP contribution in [-0.4, -0.2) is 32.1 Å². The highest BCUT2D eigenvalue weighted by Crippen LogP contribution is 2.34. The van der Waals surface area contributed by atoms with Gasteiger partial charge in [0, 0.05) is 23.8 Å². The van der Waals surface area contributed by atoms with Gasteiger partial charge in [0.1, 0.15) is 11.6 Å². The van der Waals surface area contributed by atoms with Gasteiger partial charge in [-0.2, -0.15) is 0 Å². The van der Waals surface area contributed by atoms with E-state index in [1.165, 1.54) is 12.1 Å². The zero-order valence-corrected chi connectivity index (χ0v) is 17.3. The van der Waals surface area contributed by atoms with Crippen LogP contribution in [0.15, 0.2) is 72.8 Å². The summed E-state index contributed by atoms with van der Waals surface area (Å²) in [6, 6.07) is 20.9. The third-order valence-corrected chi connectivity index (χ3v) is 5.64. The number of rotatable bonds is 5. The van der Waals surface area contributed by atoms with Crippen LogP contribution in [0.4, 0.5) is 15.8 Å². The van der Waals surface area contributed by atoms with Gasteiger partial charge in [0.2, 0.25) is 0 Å². The Morgan fingerprint density at radius 1 is 1.07 bits per heavy atom. The minimum atomic E-state index is -0.532. The lowest BCUT2D eigenvalue weighted by molar-refractivity contribution is 0.0974. The molecule has 4 nitrogen and oxygen atoms in total. The monoisotopic (exact) mass is 424 g/mol. The molecule has 1 saturated heterocycles. The Kier molecular flexibility index (Phi) is 5.91. The van der Waals surface area contributed by atoms with Crippen molar-refractivity contribution in [1.29, 1.82) is 0 Å². The van der Waals surface area contributed by atoms with Crippen molar-refractivity contribution >= 4 is 28.9 Å². The van der Waals surface area contributed by atoms with E-state index in [9.17, 15) is 9.18 Å². The number of amides is 1. The van der Waals surface area contributed by atoms with Crippen molar-refractivity contribution in [3.05, 3.63) is 89.2 Å². The van der Waals surface area contributed by atoms with Crippen LogP contribution in [0.2, 0.25) is 5.02 Å². The highest BCUT2D eigenvalue weighted by atomic mass is 35.5. The normalized spacial score (nSPS) is 15.8. The fraction of sp³-hybridized carbons (Fsp3) is 0.208. The topological polar surface area (TPSA) is 32.8 Å². The summed E-state index contributed by atoms with van der Waals surface area (Å²) in [7, 11) is 1.57. The summed E-state index contributed by atoms with van der Waals surface area (Å²) in [6.45, 7) is 1.41. The van der Waals surface area contributed by atoms with Gasteiger partial charge < -0.3 is 9.64 Å². The summed E-state index contributed by atoms with van der Waals surface area (Å²) in [5.41, 5.74) is 1.73. The lowest BCUT2D eigenvalue weighted by atomic mass is 10.1. The second kappa shape index (κ2) is 8.76. The quantitative estimate of drug-likeness (QED) is 0.548. The number of carbonyl (C=O) groups is 1. The maximum absolute atomic E-state index is 14.5. The van der Waals surface area contributed by atoms with E-state index in [2.05, 4.69) is 4.90 Å². The predicted molar refractivity (Wildman–Crippen MR) is 118 cm³/mol. The number of halogens is 2. The molecule has 0 N–H and O–H groups in total. The molecule has 1 unspecified atom stereocenters. The first kappa shape index (κ1) is 20.2. The molecule has 1 heterocycles. The van der Waals surface area contributed by atoms with E-state index in [1.807, 2.05) is 48.5 Å². The molecule has 1 aliphatic rings. The standard InChI is InChI=1S/C24H22ClFN2O2/c1-30-23-9-5-4-8-22(23)28(24(29)20-6-2-3-7-21(20)26)19-14-15-27(16-19)18-12-10-17(25)11-13-18/h2-13,19H,14-16H2,1H3. The van der Waals surface area contributed by atoms with Crippen LogP contribution in [0.5, 0.6) is 5.75 Å². The molecule has 4 rings (SSSR count). The van der Waals surface area contributed by atoms with Crippen LogP contribution in [-0.2, 0) is 0 Å². The highest BCUT2D eigenvalue weighted by molar-refractivity contribution is 6.30. The van der Waals surface area contributed by atoms with E-state index in [4.69, 9.17) is 16.3 Å². The van der Waals surface area contributed by atoms with Gasteiger partial charge in [-0.1, -0.05) is 35.9 Å². The fourth-order valence-corrected chi connectivity index (χ4v) is 4.03. The van der Waals surface area contributed by atoms with Gasteiger partial charge in [0.15, 0.2) is 0 Å². The molecule has 0 spiro atoms. The van der Waals surface area contributed by atoms with Crippen molar-refractivity contribution in [3.63, 3.8) is 0 Å². The SMILES string of the molecule is COc1ccccc1N(C(=O)c1ccccc1F)C1CCN(c2ccc(Cl)cc2)C1. The Morgan fingerprint density at radius 3 is 2.50 bits per heavy atom. The summed E-state index contributed by atoms with van der Waals surface area (Å²) >= 11 is 6.01. The van der Waals surface area contributed by atoms with Crippen LogP contribution >= 0.6 is 11.6 Å². The van der Waals surface area contributed by atoms with Gasteiger partial charge >= 0.3 is 0 Å². The maximum Gasteiger partial charge on any atom is 0.261 e. The van der Waals surface area contributed by atoms with Crippen molar-refractivity contribution < 1.29 is 13.9 Å². The molecule has 154 valence electrons. The van der Waals surface area contributed by atoms with Gasteiger partial charge in [0.25, 0.3) is 5.91 Å². The number of nitrogens with zero attached hydrogens (tertiary/aromatic N) is 2. The van der Waals surface area contributed by atoms with Gasteiger partial charge in [-0.25, -0.2) is 4.39 Å². The third kappa shape index (κ3) is 3.98. The number of anilines is 2. The van der Waals surface area contributed by atoms with Crippen molar-refractivity contribution in [3.8, 4) is 5.75 Å². The Hall–Kier alpha value is -3.05. The second-order valence-electron chi connectivity index (χ2n) is 7.19. The molecule has 0 aliphatic carbocycles. The smallest absolute Gasteiger partial charge is 0.261 e. The van der Waals surface area contributed by atoms with E-state index in [-0.39, 0.29) is 17.5 Å². The Labute approximate surface area is 180 Å². The molecule has 1 atom stereocenters. The lowest BCUT2D eigenvalue weighted by Crippen LogP contribution is -2.43. The van der Waals surface area contributed by atoms with Gasteiger partial charge in [-0.15, -0.1) is 0 Å². The van der Waals surface area contributed by atoms with Crippen molar-refractivity contribution in [2.45, 2.75) is 12.5 Å². The van der Waals surface area contributed by atoms with Gasteiger partial charge in [-0.05, 0) is 55.0 Å². The third-order valence-electron chi connectivity index (χ3n) is 5.39. The van der Waals surface area contributed by atoms with Crippen molar-refractivity contribution in [1.82, 2.24) is 0 Å². The molecule has 0 bridgehead atoms. The summed E-state index contributed by atoms with van der Waals surface area (Å²) in [5, 5.41) is 0.680. The Balaban J connectivity index is 1.70. The first-order valence-electron chi connectivity index (χ1n) is 9.80. The largest absolute Gasteiger partial charge is 0.495 e.